The van der Waals surface area contributed by atoms with Gasteiger partial charge in [-0.3, -0.25) is 9.59 Å². The van der Waals surface area contributed by atoms with Crippen LogP contribution in [-0.2, 0) is 0 Å². The summed E-state index contributed by atoms with van der Waals surface area (Å²) < 4.78 is 24.5. The number of aromatic amines is 1. The molecule has 1 aromatic heterocycles. The SMILES string of the molecule is CN(CC(F)F)C(=O)c1n[nH]c(=O)c2ccccc12. The van der Waals surface area contributed by atoms with Crippen molar-refractivity contribution in [3.63, 3.8) is 0 Å². The number of fused-ring (bicyclic) bond motifs is 1. The standard InChI is InChI=1S/C12H11F2N3O2/c1-17(6-9(13)14)12(19)10-7-4-2-3-5-8(7)11(18)16-15-10/h2-5,9H,6H2,1H3,(H,16,18). The zero-order valence-corrected chi connectivity index (χ0v) is 10.1. The number of carbonyl (C=O) groups is 1. The van der Waals surface area contributed by atoms with E-state index in [1.807, 2.05) is 0 Å². The fraction of sp³-hybridized carbons (Fsp3) is 0.250. The van der Waals surface area contributed by atoms with Crippen LogP contribution < -0.4 is 5.56 Å². The van der Waals surface area contributed by atoms with Gasteiger partial charge in [0.1, 0.15) is 0 Å². The van der Waals surface area contributed by atoms with E-state index < -0.39 is 24.4 Å². The first-order valence-corrected chi connectivity index (χ1v) is 5.51. The largest absolute Gasteiger partial charge is 0.335 e. The minimum Gasteiger partial charge on any atom is -0.335 e. The Morgan fingerprint density at radius 1 is 1.37 bits per heavy atom. The summed E-state index contributed by atoms with van der Waals surface area (Å²) >= 11 is 0. The predicted octanol–water partition coefficient (Wildman–Crippen LogP) is 1.26. The van der Waals surface area contributed by atoms with Crippen LogP contribution in [0.5, 0.6) is 0 Å². The Morgan fingerprint density at radius 3 is 2.63 bits per heavy atom. The Kier molecular flexibility index (Phi) is 3.55. The lowest BCUT2D eigenvalue weighted by Gasteiger charge is -2.16. The monoisotopic (exact) mass is 267 g/mol. The molecule has 0 aliphatic heterocycles. The molecule has 0 fully saturated rings. The number of hydrogen-bond acceptors (Lipinski definition) is 3. The third-order valence-electron chi connectivity index (χ3n) is 2.66. The Bertz CT molecular complexity index is 669. The van der Waals surface area contributed by atoms with Crippen LogP contribution in [0.3, 0.4) is 0 Å². The maximum atomic E-state index is 12.3. The van der Waals surface area contributed by atoms with Gasteiger partial charge >= 0.3 is 0 Å². The highest BCUT2D eigenvalue weighted by molar-refractivity contribution is 6.04. The van der Waals surface area contributed by atoms with E-state index in [0.29, 0.717) is 10.8 Å². The highest BCUT2D eigenvalue weighted by atomic mass is 19.3. The van der Waals surface area contributed by atoms with E-state index in [9.17, 15) is 18.4 Å². The number of alkyl halides is 2. The molecule has 100 valence electrons. The van der Waals surface area contributed by atoms with Gasteiger partial charge in [0.05, 0.1) is 11.9 Å². The van der Waals surface area contributed by atoms with Crippen molar-refractivity contribution < 1.29 is 13.6 Å². The summed E-state index contributed by atoms with van der Waals surface area (Å²) in [5.41, 5.74) is -0.470. The van der Waals surface area contributed by atoms with Gasteiger partial charge in [-0.15, -0.1) is 0 Å². The second-order valence-electron chi connectivity index (χ2n) is 4.02. The van der Waals surface area contributed by atoms with Crippen LogP contribution in [0.15, 0.2) is 29.1 Å². The highest BCUT2D eigenvalue weighted by Gasteiger charge is 2.20. The molecular weight excluding hydrogens is 256 g/mol. The zero-order chi connectivity index (χ0) is 14.0. The van der Waals surface area contributed by atoms with E-state index in [-0.39, 0.29) is 5.69 Å². The fourth-order valence-corrected chi connectivity index (χ4v) is 1.75. The van der Waals surface area contributed by atoms with Crippen molar-refractivity contribution in [1.29, 1.82) is 0 Å². The van der Waals surface area contributed by atoms with Gasteiger partial charge in [0, 0.05) is 12.4 Å². The van der Waals surface area contributed by atoms with Crippen LogP contribution in [0, 0.1) is 0 Å². The van der Waals surface area contributed by atoms with Gasteiger partial charge in [0.15, 0.2) is 5.69 Å². The summed E-state index contributed by atoms with van der Waals surface area (Å²) in [6.07, 6.45) is -2.62. The fourth-order valence-electron chi connectivity index (χ4n) is 1.75. The summed E-state index contributed by atoms with van der Waals surface area (Å²) in [6.45, 7) is -0.687. The number of benzene rings is 1. The molecular formula is C12H11F2N3O2. The summed E-state index contributed by atoms with van der Waals surface area (Å²) in [5.74, 6) is -0.659. The Hall–Kier alpha value is -2.31. The average molecular weight is 267 g/mol. The van der Waals surface area contributed by atoms with Crippen LogP contribution in [0.4, 0.5) is 8.78 Å². The molecule has 0 bridgehead atoms. The van der Waals surface area contributed by atoms with Gasteiger partial charge in [-0.1, -0.05) is 18.2 Å². The number of rotatable bonds is 3. The second kappa shape index (κ2) is 5.13. The lowest BCUT2D eigenvalue weighted by Crippen LogP contribution is -2.32. The molecule has 0 aliphatic rings. The molecule has 1 aromatic carbocycles. The number of hydrogen-bond donors (Lipinski definition) is 1. The van der Waals surface area contributed by atoms with Gasteiger partial charge in [-0.2, -0.15) is 5.10 Å². The van der Waals surface area contributed by atoms with Gasteiger partial charge < -0.3 is 4.90 Å². The number of aromatic nitrogens is 2. The van der Waals surface area contributed by atoms with Crippen molar-refractivity contribution in [2.45, 2.75) is 6.43 Å². The molecule has 1 amide bonds. The molecule has 5 nitrogen and oxygen atoms in total. The topological polar surface area (TPSA) is 66.1 Å². The second-order valence-corrected chi connectivity index (χ2v) is 4.02. The van der Waals surface area contributed by atoms with Gasteiger partial charge in [0.2, 0.25) is 0 Å². The molecule has 0 spiro atoms. The van der Waals surface area contributed by atoms with Crippen molar-refractivity contribution in [3.05, 3.63) is 40.3 Å². The molecule has 0 unspecified atom stereocenters. The average Bonchev–Trinajstić information content (AvgIpc) is 2.38. The number of halogens is 2. The summed E-state index contributed by atoms with van der Waals surface area (Å²) in [6, 6.07) is 6.39. The molecule has 2 aromatic rings. The van der Waals surface area contributed by atoms with Crippen molar-refractivity contribution in [3.8, 4) is 0 Å². The lowest BCUT2D eigenvalue weighted by atomic mass is 10.1. The summed E-state index contributed by atoms with van der Waals surface area (Å²) in [5, 5.41) is 6.49. The molecule has 1 heterocycles. The predicted molar refractivity (Wildman–Crippen MR) is 65.3 cm³/mol. The molecule has 0 saturated carbocycles. The molecule has 19 heavy (non-hydrogen) atoms. The van der Waals surface area contributed by atoms with Crippen molar-refractivity contribution in [2.75, 3.05) is 13.6 Å². The van der Waals surface area contributed by atoms with E-state index in [4.69, 9.17) is 0 Å². The van der Waals surface area contributed by atoms with Crippen molar-refractivity contribution in [2.24, 2.45) is 0 Å². The first-order chi connectivity index (χ1) is 9.00. The number of nitrogens with zero attached hydrogens (tertiary/aromatic N) is 2. The first kappa shape index (κ1) is 13.1. The number of carbonyl (C=O) groups excluding carboxylic acids is 1. The lowest BCUT2D eigenvalue weighted by molar-refractivity contribution is 0.0616. The first-order valence-electron chi connectivity index (χ1n) is 5.51. The maximum Gasteiger partial charge on any atom is 0.274 e. The van der Waals surface area contributed by atoms with E-state index >= 15 is 0 Å². The molecule has 0 saturated heterocycles. The molecule has 0 aliphatic carbocycles. The van der Waals surface area contributed by atoms with Crippen LogP contribution in [0.2, 0.25) is 0 Å². The smallest absolute Gasteiger partial charge is 0.274 e. The van der Waals surface area contributed by atoms with Crippen molar-refractivity contribution >= 4 is 16.7 Å². The zero-order valence-electron chi connectivity index (χ0n) is 10.1. The molecule has 7 heteroatoms. The molecule has 0 radical (unpaired) electrons. The Morgan fingerprint density at radius 2 is 2.00 bits per heavy atom. The molecule has 2 rings (SSSR count). The molecule has 1 N–H and O–H groups in total. The van der Waals surface area contributed by atoms with Gasteiger partial charge in [-0.25, -0.2) is 13.9 Å². The third kappa shape index (κ3) is 2.59. The van der Waals surface area contributed by atoms with Crippen LogP contribution in [0.25, 0.3) is 10.8 Å². The number of nitrogens with one attached hydrogen (secondary N) is 1. The van der Waals surface area contributed by atoms with Gasteiger partial charge in [0.25, 0.3) is 17.9 Å². The maximum absolute atomic E-state index is 12.3. The summed E-state index contributed by atoms with van der Waals surface area (Å²) in [4.78, 5) is 24.4. The third-order valence-corrected chi connectivity index (χ3v) is 2.66. The minimum absolute atomic E-state index is 0.0432. The van der Waals surface area contributed by atoms with Crippen LogP contribution >= 0.6 is 0 Å². The van der Waals surface area contributed by atoms with E-state index in [0.717, 1.165) is 4.90 Å². The minimum atomic E-state index is -2.62. The quantitative estimate of drug-likeness (QED) is 0.910. The van der Waals surface area contributed by atoms with Crippen molar-refractivity contribution in [1.82, 2.24) is 15.1 Å². The van der Waals surface area contributed by atoms with Crippen LogP contribution in [0.1, 0.15) is 10.5 Å². The molecule has 0 atom stereocenters. The number of H-pyrrole nitrogens is 1. The van der Waals surface area contributed by atoms with E-state index in [2.05, 4.69) is 10.2 Å². The van der Waals surface area contributed by atoms with E-state index in [1.165, 1.54) is 7.05 Å². The summed E-state index contributed by atoms with van der Waals surface area (Å²) in [7, 11) is 1.26. The van der Waals surface area contributed by atoms with E-state index in [1.54, 1.807) is 24.3 Å². The van der Waals surface area contributed by atoms with Crippen LogP contribution in [-0.4, -0.2) is 41.0 Å². The normalized spacial score (nSPS) is 10.9. The Balaban J connectivity index is 2.49. The highest BCUT2D eigenvalue weighted by Crippen LogP contribution is 2.14. The Labute approximate surface area is 106 Å². The van der Waals surface area contributed by atoms with Gasteiger partial charge in [-0.05, 0) is 6.07 Å². The number of amides is 1.